The Labute approximate surface area is 482 Å². The minimum Gasteiger partial charge on any atom is -0.409 e. The van der Waals surface area contributed by atoms with E-state index in [1.165, 1.54) is 12.2 Å². The third-order valence-corrected chi connectivity index (χ3v) is 15.8. The molecule has 6 N–H and O–H groups in total. The van der Waals surface area contributed by atoms with Gasteiger partial charge in [0.25, 0.3) is 17.7 Å². The first kappa shape index (κ1) is 60.4. The zero-order valence-electron chi connectivity index (χ0n) is 47.3. The molecule has 8 rings (SSSR count). The number of rotatable bonds is 25. The Hall–Kier alpha value is -7.74. The molecule has 0 aliphatic carbocycles. The molecule has 4 aromatic carbocycles. The highest BCUT2D eigenvalue weighted by Gasteiger charge is 2.37. The highest BCUT2D eigenvalue weighted by atomic mass is 35.5. The Morgan fingerprint density at radius 2 is 1.52 bits per heavy atom. The molecule has 0 bridgehead atoms. The summed E-state index contributed by atoms with van der Waals surface area (Å²) in [7, 11) is 2.01. The van der Waals surface area contributed by atoms with Crippen LogP contribution in [-0.2, 0) is 35.2 Å². The number of aromatic nitrogens is 1. The minimum absolute atomic E-state index is 0.0162. The van der Waals surface area contributed by atoms with E-state index < -0.39 is 53.6 Å². The molecule has 0 saturated carbocycles. The average Bonchev–Trinajstić information content (AvgIpc) is 3.98. The van der Waals surface area contributed by atoms with Gasteiger partial charge in [-0.2, -0.15) is 0 Å². The molecule has 20 heteroatoms. The predicted molar refractivity (Wildman–Crippen MR) is 315 cm³/mol. The topological polar surface area (TPSA) is 254 Å². The Balaban J connectivity index is 0.889. The van der Waals surface area contributed by atoms with Crippen molar-refractivity contribution >= 4 is 97.8 Å². The number of fused-ring (bicyclic) bond motifs is 4. The van der Waals surface area contributed by atoms with Crippen LogP contribution in [0.3, 0.4) is 0 Å². The lowest BCUT2D eigenvalue weighted by molar-refractivity contribution is -0.137. The fourth-order valence-electron chi connectivity index (χ4n) is 11.0. The lowest BCUT2D eigenvalue weighted by atomic mass is 9.87. The number of anilines is 2. The van der Waals surface area contributed by atoms with Gasteiger partial charge in [-0.15, -0.1) is 11.6 Å². The number of benzene rings is 4. The van der Waals surface area contributed by atoms with E-state index >= 15 is 0 Å². The van der Waals surface area contributed by atoms with Crippen molar-refractivity contribution in [2.75, 3.05) is 69.0 Å². The molecular weight excluding hydrogens is 1070 g/mol. The molecule has 19 nitrogen and oxygen atoms in total. The van der Waals surface area contributed by atoms with Crippen LogP contribution in [0, 0.1) is 17.8 Å². The van der Waals surface area contributed by atoms with E-state index in [4.69, 9.17) is 22.1 Å². The molecule has 3 aliphatic heterocycles. The fraction of sp³-hybridized carbons (Fsp3) is 0.435. The normalized spacial score (nSPS) is 16.5. The van der Waals surface area contributed by atoms with Gasteiger partial charge in [-0.05, 0) is 117 Å². The lowest BCUT2D eigenvalue weighted by Crippen LogP contribution is -2.48. The number of hydrogen-bond acceptors (Lipinski definition) is 12. The van der Waals surface area contributed by atoms with E-state index in [9.17, 15) is 43.2 Å². The smallest absolute Gasteiger partial charge is 0.409 e. The van der Waals surface area contributed by atoms with Gasteiger partial charge in [0.15, 0.2) is 11.6 Å². The van der Waals surface area contributed by atoms with E-state index in [-0.39, 0.29) is 79.8 Å². The molecule has 1 unspecified atom stereocenters. The van der Waals surface area contributed by atoms with Crippen molar-refractivity contribution in [2.24, 2.45) is 23.5 Å². The van der Waals surface area contributed by atoms with Crippen molar-refractivity contribution in [3.05, 3.63) is 113 Å². The third-order valence-electron chi connectivity index (χ3n) is 15.4. The summed E-state index contributed by atoms with van der Waals surface area (Å²) in [5.41, 5.74) is 9.91. The zero-order valence-corrected chi connectivity index (χ0v) is 48.0. The van der Waals surface area contributed by atoms with Crippen molar-refractivity contribution in [2.45, 2.75) is 97.1 Å². The molecule has 82 heavy (non-hydrogen) atoms. The maximum absolute atomic E-state index is 14.5. The molecule has 3 aliphatic rings. The molecule has 1 saturated heterocycles. The van der Waals surface area contributed by atoms with E-state index in [1.54, 1.807) is 60.0 Å². The number of amides is 7. The minimum atomic E-state index is -0.972. The first-order valence-electron chi connectivity index (χ1n) is 28.3. The van der Waals surface area contributed by atoms with Crippen LogP contribution in [-0.4, -0.2) is 144 Å². The van der Waals surface area contributed by atoms with Gasteiger partial charge in [0.05, 0.1) is 11.7 Å². The summed E-state index contributed by atoms with van der Waals surface area (Å²) in [5, 5.41) is 10.9. The van der Waals surface area contributed by atoms with Crippen LogP contribution in [0.25, 0.3) is 21.7 Å². The SMILES string of the molecule is CC(C)C[C@H](CC(=O)C(NC(=O)CCCN1C(=O)C=CC1=O)C(C)C)C(=O)N[C@@H](CCCCN)C(=O)Nc1ccc(C(=O)Cc2ccc3[nH]c(C(=O)N4C[C@@H](CCl)c5c4cc(OC(=O)N4CCN(C)CC4)c4ccccc54)cc3c2)cc1. The number of hydrogen-bond donors (Lipinski definition) is 5. The average molecular weight is 1140 g/mol. The number of aromatic amines is 1. The van der Waals surface area contributed by atoms with Crippen molar-refractivity contribution in [1.82, 2.24) is 30.3 Å². The van der Waals surface area contributed by atoms with Gasteiger partial charge in [0.1, 0.15) is 17.5 Å². The van der Waals surface area contributed by atoms with Crippen LogP contribution >= 0.6 is 11.6 Å². The molecule has 1 aromatic heterocycles. The maximum atomic E-state index is 14.5. The Morgan fingerprint density at radius 1 is 0.817 bits per heavy atom. The molecule has 1 fully saturated rings. The number of alkyl halides is 1. The summed E-state index contributed by atoms with van der Waals surface area (Å²) in [6, 6.07) is 21.4. The number of ether oxygens (including phenoxy) is 1. The van der Waals surface area contributed by atoms with E-state index in [2.05, 4.69) is 25.8 Å². The van der Waals surface area contributed by atoms with Gasteiger partial charge in [0, 0.05) is 122 Å². The number of nitrogens with two attached hydrogens (primary N) is 1. The number of nitrogens with one attached hydrogen (secondary N) is 4. The number of unbranched alkanes of at least 4 members (excludes halogenated alkanes) is 1. The molecule has 0 spiro atoms. The van der Waals surface area contributed by atoms with Crippen LogP contribution in [0.5, 0.6) is 5.75 Å². The monoisotopic (exact) mass is 1140 g/mol. The Bertz CT molecular complexity index is 3240. The quantitative estimate of drug-likeness (QED) is 0.0165. The summed E-state index contributed by atoms with van der Waals surface area (Å²) in [5.74, 6) is -3.66. The van der Waals surface area contributed by atoms with E-state index in [0.717, 1.165) is 45.3 Å². The van der Waals surface area contributed by atoms with E-state index in [1.807, 2.05) is 63.4 Å². The number of H-pyrrole nitrogens is 1. The van der Waals surface area contributed by atoms with Gasteiger partial charge in [-0.25, -0.2) is 4.79 Å². The second-order valence-corrected chi connectivity index (χ2v) is 22.8. The Kier molecular flexibility index (Phi) is 20.1. The standard InChI is InChI=1S/C62H74ClN9O10/c1-37(2)29-42(33-52(74)58(38(3)4)68-54(75)14-10-24-71-55(76)21-22-56(71)77)59(78)67-48(13-8-9-23-64)60(79)65-44-18-16-40(17-19-44)51(73)31-39-15-20-47-41(30-39)32-49(66-47)61(80)72-36-43(35-63)57-46-12-7-6-11-45(46)53(34-50(57)72)82-62(81)70-27-25-69(5)26-28-70/h6-7,11-12,15-22,30,32,34,37-38,42-43,48,58,66H,8-10,13-14,23-29,31,33,35-36,64H2,1-5H3,(H,65,79)(H,67,78)(H,68,75)/t42-,43-,48+,58?/m1/s1. The largest absolute Gasteiger partial charge is 0.415 e. The van der Waals surface area contributed by atoms with Crippen LogP contribution < -0.4 is 31.3 Å². The molecular formula is C62H74ClN9O10. The van der Waals surface area contributed by atoms with Gasteiger partial charge in [-0.1, -0.05) is 58.0 Å². The lowest BCUT2D eigenvalue weighted by Gasteiger charge is -2.31. The first-order valence-corrected chi connectivity index (χ1v) is 28.9. The number of ketones is 2. The van der Waals surface area contributed by atoms with Gasteiger partial charge >= 0.3 is 6.09 Å². The summed E-state index contributed by atoms with van der Waals surface area (Å²) in [6.07, 6.45) is 3.76. The molecule has 0 radical (unpaired) electrons. The van der Waals surface area contributed by atoms with Crippen molar-refractivity contribution in [3.63, 3.8) is 0 Å². The first-order chi connectivity index (χ1) is 39.3. The summed E-state index contributed by atoms with van der Waals surface area (Å²) >= 11 is 6.58. The number of nitrogens with zero attached hydrogens (tertiary/aromatic N) is 4. The number of imide groups is 1. The highest BCUT2D eigenvalue weighted by Crippen LogP contribution is 2.46. The second-order valence-electron chi connectivity index (χ2n) is 22.4. The number of likely N-dealkylation sites (N-methyl/N-ethyl adjacent to an activating group) is 1. The van der Waals surface area contributed by atoms with Gasteiger partial charge in [0.2, 0.25) is 17.7 Å². The second kappa shape index (κ2) is 27.4. The van der Waals surface area contributed by atoms with Crippen LogP contribution in [0.15, 0.2) is 91.0 Å². The number of Topliss-reactive ketones (excluding diaryl/α,β-unsaturated/α-hetero) is 2. The molecule has 4 atom stereocenters. The Morgan fingerprint density at radius 3 is 2.20 bits per heavy atom. The molecule has 5 aromatic rings. The van der Waals surface area contributed by atoms with Crippen molar-refractivity contribution < 1.29 is 47.9 Å². The van der Waals surface area contributed by atoms with Crippen LogP contribution in [0.1, 0.15) is 111 Å². The fourth-order valence-corrected chi connectivity index (χ4v) is 11.2. The summed E-state index contributed by atoms with van der Waals surface area (Å²) in [4.78, 5) is 130. The van der Waals surface area contributed by atoms with Gasteiger partial charge < -0.3 is 46.1 Å². The highest BCUT2D eigenvalue weighted by molar-refractivity contribution is 6.19. The summed E-state index contributed by atoms with van der Waals surface area (Å²) in [6.45, 7) is 10.8. The predicted octanol–water partition coefficient (Wildman–Crippen LogP) is 7.50. The molecule has 4 heterocycles. The van der Waals surface area contributed by atoms with Crippen LogP contribution in [0.2, 0.25) is 0 Å². The van der Waals surface area contributed by atoms with Gasteiger partial charge in [-0.3, -0.25) is 43.3 Å². The number of carbonyl (C=O) groups is 9. The van der Waals surface area contributed by atoms with Crippen molar-refractivity contribution in [3.8, 4) is 5.75 Å². The maximum Gasteiger partial charge on any atom is 0.415 e. The van der Waals surface area contributed by atoms with Crippen LogP contribution in [0.4, 0.5) is 16.2 Å². The van der Waals surface area contributed by atoms with Crippen molar-refractivity contribution in [1.29, 1.82) is 0 Å². The van der Waals surface area contributed by atoms with E-state index in [0.29, 0.717) is 79.3 Å². The number of piperazine rings is 1. The zero-order chi connectivity index (χ0) is 58.8. The molecule has 7 amide bonds. The number of carbonyl (C=O) groups excluding carboxylic acids is 9. The molecule has 434 valence electrons. The third kappa shape index (κ3) is 14.7. The summed E-state index contributed by atoms with van der Waals surface area (Å²) < 4.78 is 6.07. The number of halogens is 1.